The molecule has 31 heavy (non-hydrogen) atoms. The van der Waals surface area contributed by atoms with Gasteiger partial charge in [-0.3, -0.25) is 20.2 Å². The first kappa shape index (κ1) is 22.7. The summed E-state index contributed by atoms with van der Waals surface area (Å²) in [4.78, 5) is 39.0. The van der Waals surface area contributed by atoms with Crippen LogP contribution in [0.1, 0.15) is 11.4 Å². The molecule has 3 aromatic rings. The van der Waals surface area contributed by atoms with Gasteiger partial charge in [0.15, 0.2) is 0 Å². The van der Waals surface area contributed by atoms with Crippen LogP contribution in [0.15, 0.2) is 54.6 Å². The molecular formula is C19H18N6O6. The van der Waals surface area contributed by atoms with Gasteiger partial charge < -0.3 is 15.7 Å². The first-order chi connectivity index (χ1) is 14.6. The molecule has 0 saturated heterocycles. The monoisotopic (exact) mass is 426 g/mol. The summed E-state index contributed by atoms with van der Waals surface area (Å²) < 4.78 is 0. The third-order valence-electron chi connectivity index (χ3n) is 3.64. The fourth-order valence-corrected chi connectivity index (χ4v) is 2.33. The zero-order valence-corrected chi connectivity index (χ0v) is 16.5. The molecule has 12 nitrogen and oxygen atoms in total. The minimum atomic E-state index is -0.567. The number of amides is 2. The number of hydrogen-bond donors (Lipinski definition) is 3. The predicted molar refractivity (Wildman–Crippen MR) is 112 cm³/mol. The molecule has 0 aliphatic rings. The van der Waals surface area contributed by atoms with Crippen LogP contribution in [0, 0.1) is 34.1 Å². The van der Waals surface area contributed by atoms with Gasteiger partial charge in [0.05, 0.1) is 9.85 Å². The maximum absolute atomic E-state index is 11.7. The first-order valence-corrected chi connectivity index (χ1v) is 8.72. The van der Waals surface area contributed by atoms with Crippen LogP contribution in [0.25, 0.3) is 0 Å². The molecule has 0 unspecified atom stereocenters. The van der Waals surface area contributed by atoms with Crippen molar-refractivity contribution in [1.29, 1.82) is 0 Å². The molecule has 0 aliphatic heterocycles. The maximum Gasteiger partial charge on any atom is 0.323 e. The van der Waals surface area contributed by atoms with Crippen molar-refractivity contribution in [2.24, 2.45) is 0 Å². The number of aryl methyl sites for hydroxylation is 2. The molecule has 0 bridgehead atoms. The number of nitro benzene ring substituents is 2. The molecule has 0 radical (unpaired) electrons. The highest BCUT2D eigenvalue weighted by atomic mass is 16.6. The summed E-state index contributed by atoms with van der Waals surface area (Å²) in [6.45, 7) is 3.63. The Hall–Kier alpha value is -4.61. The summed E-state index contributed by atoms with van der Waals surface area (Å²) in [7, 11) is 0. The molecule has 0 saturated carbocycles. The fraction of sp³-hybridized carbons (Fsp3) is 0.105. The number of anilines is 2. The third-order valence-corrected chi connectivity index (χ3v) is 3.64. The van der Waals surface area contributed by atoms with E-state index in [9.17, 15) is 25.0 Å². The van der Waals surface area contributed by atoms with E-state index in [2.05, 4.69) is 20.6 Å². The normalized spacial score (nSPS) is 9.74. The number of carbonyl (C=O) groups is 1. The molecule has 1 aromatic heterocycles. The van der Waals surface area contributed by atoms with E-state index < -0.39 is 15.9 Å². The molecule has 160 valence electrons. The molecule has 0 aliphatic carbocycles. The van der Waals surface area contributed by atoms with Gasteiger partial charge in [-0.2, -0.15) is 0 Å². The Bertz CT molecular complexity index is 974. The van der Waals surface area contributed by atoms with Gasteiger partial charge in [0.2, 0.25) is 0 Å². The van der Waals surface area contributed by atoms with Crippen LogP contribution in [0.4, 0.5) is 27.5 Å². The molecule has 0 atom stereocenters. The van der Waals surface area contributed by atoms with Crippen molar-refractivity contribution in [3.63, 3.8) is 0 Å². The lowest BCUT2D eigenvalue weighted by Crippen LogP contribution is -2.19. The molecule has 3 N–H and O–H groups in total. The standard InChI is InChI=1S/C13H10N4O5.C6H8N2O/c18-13(14-9-1-5-11(6-2-9)16(19)20)15-10-3-7-12(8-4-10)17(21)22;1-4-3-5(2)8-6(9)7-4/h1-8H,(H2,14,15,18);3H,1-2H3,(H,7,8,9). The molecule has 12 heteroatoms. The van der Waals surface area contributed by atoms with E-state index in [4.69, 9.17) is 5.11 Å². The molecule has 0 spiro atoms. The number of nitrogens with zero attached hydrogens (tertiary/aromatic N) is 4. The SMILES string of the molecule is Cc1cc(C)nc(O)n1.O=C(Nc1ccc([N+](=O)[O-])cc1)Nc1ccc([N+](=O)[O-])cc1. The van der Waals surface area contributed by atoms with Crippen LogP contribution < -0.4 is 10.6 Å². The zero-order chi connectivity index (χ0) is 23.0. The topological polar surface area (TPSA) is 173 Å². The van der Waals surface area contributed by atoms with E-state index in [1.807, 2.05) is 13.8 Å². The Morgan fingerprint density at radius 3 is 1.45 bits per heavy atom. The number of nitro groups is 2. The first-order valence-electron chi connectivity index (χ1n) is 8.72. The largest absolute Gasteiger partial charge is 0.479 e. The van der Waals surface area contributed by atoms with Gasteiger partial charge in [0.25, 0.3) is 11.4 Å². The van der Waals surface area contributed by atoms with E-state index in [0.29, 0.717) is 11.4 Å². The second-order valence-electron chi connectivity index (χ2n) is 6.14. The third kappa shape index (κ3) is 7.38. The average Bonchev–Trinajstić information content (AvgIpc) is 2.68. The highest BCUT2D eigenvalue weighted by Crippen LogP contribution is 2.17. The van der Waals surface area contributed by atoms with Crippen LogP contribution in [-0.2, 0) is 0 Å². The number of non-ortho nitro benzene ring substituents is 2. The number of rotatable bonds is 4. The summed E-state index contributed by atoms with van der Waals surface area (Å²) in [6.07, 6.45) is 0. The Balaban J connectivity index is 0.000000316. The van der Waals surface area contributed by atoms with Crippen molar-refractivity contribution >= 4 is 28.8 Å². The van der Waals surface area contributed by atoms with Crippen LogP contribution in [0.5, 0.6) is 6.01 Å². The molecule has 2 aromatic carbocycles. The highest BCUT2D eigenvalue weighted by Gasteiger charge is 2.08. The van der Waals surface area contributed by atoms with Crippen molar-refractivity contribution < 1.29 is 19.7 Å². The van der Waals surface area contributed by atoms with Crippen molar-refractivity contribution in [3.8, 4) is 6.01 Å². The number of aromatic hydroxyl groups is 1. The van der Waals surface area contributed by atoms with Gasteiger partial charge in [-0.1, -0.05) is 0 Å². The number of urea groups is 1. The highest BCUT2D eigenvalue weighted by molar-refractivity contribution is 5.99. The van der Waals surface area contributed by atoms with Gasteiger partial charge in [-0.25, -0.2) is 14.8 Å². The van der Waals surface area contributed by atoms with E-state index in [-0.39, 0.29) is 17.4 Å². The van der Waals surface area contributed by atoms with E-state index in [0.717, 1.165) is 11.4 Å². The molecule has 0 fully saturated rings. The molecule has 2 amide bonds. The summed E-state index contributed by atoms with van der Waals surface area (Å²) in [5.41, 5.74) is 2.18. The summed E-state index contributed by atoms with van der Waals surface area (Å²) in [6, 6.07) is 11.7. The lowest BCUT2D eigenvalue weighted by Gasteiger charge is -2.07. The number of nitrogens with one attached hydrogen (secondary N) is 2. The van der Waals surface area contributed by atoms with Gasteiger partial charge in [-0.15, -0.1) is 0 Å². The average molecular weight is 426 g/mol. The minimum absolute atomic E-state index is 0.0821. The Morgan fingerprint density at radius 1 is 0.806 bits per heavy atom. The van der Waals surface area contributed by atoms with Crippen molar-refractivity contribution in [3.05, 3.63) is 86.2 Å². The van der Waals surface area contributed by atoms with Crippen LogP contribution in [-0.4, -0.2) is 31.0 Å². The van der Waals surface area contributed by atoms with E-state index >= 15 is 0 Å². The van der Waals surface area contributed by atoms with Gasteiger partial charge in [0, 0.05) is 47.0 Å². The smallest absolute Gasteiger partial charge is 0.323 e. The number of benzene rings is 2. The number of hydrogen-bond acceptors (Lipinski definition) is 8. The quantitative estimate of drug-likeness (QED) is 0.415. The van der Waals surface area contributed by atoms with Crippen LogP contribution in [0.2, 0.25) is 0 Å². The van der Waals surface area contributed by atoms with Gasteiger partial charge in [0.1, 0.15) is 0 Å². The van der Waals surface area contributed by atoms with Crippen molar-refractivity contribution in [2.75, 3.05) is 10.6 Å². The summed E-state index contributed by atoms with van der Waals surface area (Å²) >= 11 is 0. The van der Waals surface area contributed by atoms with Crippen molar-refractivity contribution in [2.45, 2.75) is 13.8 Å². The van der Waals surface area contributed by atoms with Gasteiger partial charge in [-0.05, 0) is 44.2 Å². The van der Waals surface area contributed by atoms with Crippen LogP contribution in [0.3, 0.4) is 0 Å². The second kappa shape index (κ2) is 10.2. The van der Waals surface area contributed by atoms with E-state index in [1.54, 1.807) is 6.07 Å². The number of aromatic nitrogens is 2. The second-order valence-corrected chi connectivity index (χ2v) is 6.14. The lowest BCUT2D eigenvalue weighted by atomic mass is 10.3. The number of carbonyl (C=O) groups excluding carboxylic acids is 1. The van der Waals surface area contributed by atoms with E-state index in [1.165, 1.54) is 48.5 Å². The predicted octanol–water partition coefficient (Wildman–Crippen LogP) is 3.95. The lowest BCUT2D eigenvalue weighted by molar-refractivity contribution is -0.385. The zero-order valence-electron chi connectivity index (χ0n) is 16.5. The Kier molecular flexibility index (Phi) is 7.50. The van der Waals surface area contributed by atoms with Crippen LogP contribution >= 0.6 is 0 Å². The Morgan fingerprint density at radius 2 is 1.16 bits per heavy atom. The van der Waals surface area contributed by atoms with Gasteiger partial charge >= 0.3 is 12.0 Å². The summed E-state index contributed by atoms with van der Waals surface area (Å²) in [5.74, 6) is 0. The summed E-state index contributed by atoms with van der Waals surface area (Å²) in [5, 5.41) is 34.8. The molecule has 1 heterocycles. The molecule has 3 rings (SSSR count). The maximum atomic E-state index is 11.7. The fourth-order valence-electron chi connectivity index (χ4n) is 2.33. The Labute approximate surface area is 175 Å². The van der Waals surface area contributed by atoms with Crippen molar-refractivity contribution in [1.82, 2.24) is 9.97 Å². The minimum Gasteiger partial charge on any atom is -0.479 e. The molecular weight excluding hydrogens is 408 g/mol.